The summed E-state index contributed by atoms with van der Waals surface area (Å²) in [5.41, 5.74) is 3.51. The summed E-state index contributed by atoms with van der Waals surface area (Å²) >= 11 is 9.16. The van der Waals surface area contributed by atoms with Gasteiger partial charge in [-0.25, -0.2) is 4.98 Å². The fourth-order valence-electron chi connectivity index (χ4n) is 3.07. The molecule has 0 saturated carbocycles. The predicted octanol–water partition coefficient (Wildman–Crippen LogP) is 5.02. The van der Waals surface area contributed by atoms with E-state index in [1.807, 2.05) is 36.1 Å². The highest BCUT2D eigenvalue weighted by Crippen LogP contribution is 2.34. The van der Waals surface area contributed by atoms with Crippen molar-refractivity contribution in [2.75, 3.05) is 6.54 Å². The van der Waals surface area contributed by atoms with Crippen LogP contribution in [0.2, 0.25) is 5.02 Å². The quantitative estimate of drug-likeness (QED) is 0.591. The van der Waals surface area contributed by atoms with Gasteiger partial charge in [-0.15, -0.1) is 11.3 Å². The number of thioether (sulfide) groups is 1. The summed E-state index contributed by atoms with van der Waals surface area (Å²) in [6, 6.07) is 14.1. The number of hydrogen-bond acceptors (Lipinski definition) is 4. The Bertz CT molecular complexity index is 940. The molecule has 1 aliphatic rings. The van der Waals surface area contributed by atoms with Crippen molar-refractivity contribution in [1.82, 2.24) is 9.88 Å². The molecule has 0 unspecified atom stereocenters. The second-order valence-corrected chi connectivity index (χ2v) is 9.19. The van der Waals surface area contributed by atoms with Gasteiger partial charge in [0.15, 0.2) is 4.34 Å². The molecule has 3 nitrogen and oxygen atoms in total. The van der Waals surface area contributed by atoms with Gasteiger partial charge >= 0.3 is 0 Å². The lowest BCUT2D eigenvalue weighted by molar-refractivity contribution is -0.131. The molecule has 1 aliphatic heterocycles. The van der Waals surface area contributed by atoms with Crippen LogP contribution in [0.5, 0.6) is 0 Å². The third kappa shape index (κ3) is 3.54. The van der Waals surface area contributed by atoms with Crippen LogP contribution < -0.4 is 0 Å². The molecule has 2 heterocycles. The average molecular weight is 389 g/mol. The second kappa shape index (κ2) is 6.98. The molecule has 25 heavy (non-hydrogen) atoms. The van der Waals surface area contributed by atoms with E-state index in [0.29, 0.717) is 11.6 Å². The number of amides is 1. The van der Waals surface area contributed by atoms with Gasteiger partial charge in [-0.3, -0.25) is 4.79 Å². The average Bonchev–Trinajstić information content (AvgIpc) is 3.01. The van der Waals surface area contributed by atoms with Gasteiger partial charge in [0.1, 0.15) is 0 Å². The zero-order valence-electron chi connectivity index (χ0n) is 13.7. The standard InChI is InChI=1S/C19H17ClN2OS2/c1-12(24-19-21-16-10-15(20)6-7-17(16)25-19)18(23)22-9-8-13-4-2-3-5-14(13)11-22/h2-7,10,12H,8-9,11H2,1H3/t12-/m1/s1. The summed E-state index contributed by atoms with van der Waals surface area (Å²) in [6.45, 7) is 3.46. The van der Waals surface area contributed by atoms with Crippen LogP contribution in [-0.2, 0) is 17.8 Å². The number of carbonyl (C=O) groups is 1. The lowest BCUT2D eigenvalue weighted by atomic mass is 10.00. The van der Waals surface area contributed by atoms with Crippen LogP contribution in [0.15, 0.2) is 46.8 Å². The summed E-state index contributed by atoms with van der Waals surface area (Å²) in [5.74, 6) is 0.178. The van der Waals surface area contributed by atoms with Gasteiger partial charge in [0.2, 0.25) is 5.91 Å². The maximum absolute atomic E-state index is 12.8. The molecular formula is C19H17ClN2OS2. The smallest absolute Gasteiger partial charge is 0.236 e. The number of rotatable bonds is 3. The van der Waals surface area contributed by atoms with E-state index in [9.17, 15) is 4.79 Å². The topological polar surface area (TPSA) is 33.2 Å². The molecule has 0 saturated heterocycles. The third-order valence-corrected chi connectivity index (χ3v) is 6.85. The molecule has 0 aliphatic carbocycles. The van der Waals surface area contributed by atoms with E-state index >= 15 is 0 Å². The fourth-order valence-corrected chi connectivity index (χ4v) is 5.51. The van der Waals surface area contributed by atoms with Crippen molar-refractivity contribution in [1.29, 1.82) is 0 Å². The van der Waals surface area contributed by atoms with Crippen LogP contribution in [0.4, 0.5) is 0 Å². The first kappa shape index (κ1) is 16.9. The van der Waals surface area contributed by atoms with Crippen LogP contribution in [0, 0.1) is 0 Å². The SMILES string of the molecule is C[C@@H](Sc1nc2cc(Cl)ccc2s1)C(=O)N1CCc2ccccc2C1. The zero-order chi connectivity index (χ0) is 17.4. The number of benzene rings is 2. The van der Waals surface area contributed by atoms with Crippen molar-refractivity contribution in [3.8, 4) is 0 Å². The first-order chi connectivity index (χ1) is 12.1. The van der Waals surface area contributed by atoms with Gasteiger partial charge in [-0.1, -0.05) is 47.6 Å². The van der Waals surface area contributed by atoms with E-state index in [-0.39, 0.29) is 11.2 Å². The Morgan fingerprint density at radius 3 is 2.92 bits per heavy atom. The minimum absolute atomic E-state index is 0.152. The molecule has 0 bridgehead atoms. The maximum Gasteiger partial charge on any atom is 0.236 e. The summed E-state index contributed by atoms with van der Waals surface area (Å²) in [4.78, 5) is 19.4. The van der Waals surface area contributed by atoms with Crippen molar-refractivity contribution in [2.45, 2.75) is 29.5 Å². The van der Waals surface area contributed by atoms with Crippen molar-refractivity contribution in [2.24, 2.45) is 0 Å². The minimum Gasteiger partial charge on any atom is -0.337 e. The van der Waals surface area contributed by atoms with Crippen LogP contribution >= 0.6 is 34.7 Å². The van der Waals surface area contributed by atoms with Crippen molar-refractivity contribution < 1.29 is 4.79 Å². The molecule has 0 fully saturated rings. The monoisotopic (exact) mass is 388 g/mol. The lowest BCUT2D eigenvalue weighted by Gasteiger charge is -2.30. The van der Waals surface area contributed by atoms with E-state index in [4.69, 9.17) is 11.6 Å². The zero-order valence-corrected chi connectivity index (χ0v) is 16.1. The van der Waals surface area contributed by atoms with Crippen LogP contribution in [-0.4, -0.2) is 27.6 Å². The molecule has 1 aromatic heterocycles. The van der Waals surface area contributed by atoms with E-state index in [2.05, 4.69) is 23.2 Å². The van der Waals surface area contributed by atoms with Gasteiger partial charge in [0.05, 0.1) is 15.5 Å². The summed E-state index contributed by atoms with van der Waals surface area (Å²) in [6.07, 6.45) is 0.930. The van der Waals surface area contributed by atoms with Crippen LogP contribution in [0.25, 0.3) is 10.2 Å². The Labute approximate surface area is 160 Å². The number of carbonyl (C=O) groups excluding carboxylic acids is 1. The van der Waals surface area contributed by atoms with E-state index < -0.39 is 0 Å². The van der Waals surface area contributed by atoms with E-state index in [1.165, 1.54) is 22.9 Å². The van der Waals surface area contributed by atoms with Gasteiger partial charge in [-0.05, 0) is 42.7 Å². The Morgan fingerprint density at radius 1 is 1.28 bits per heavy atom. The number of nitrogens with zero attached hydrogens (tertiary/aromatic N) is 2. The highest BCUT2D eigenvalue weighted by Gasteiger charge is 2.26. The summed E-state index contributed by atoms with van der Waals surface area (Å²) in [7, 11) is 0. The maximum atomic E-state index is 12.8. The highest BCUT2D eigenvalue weighted by molar-refractivity contribution is 8.02. The Morgan fingerprint density at radius 2 is 2.08 bits per heavy atom. The molecular weight excluding hydrogens is 372 g/mol. The molecule has 1 amide bonds. The number of thiazole rings is 1. The normalized spacial score (nSPS) is 15.2. The molecule has 1 atom stereocenters. The Balaban J connectivity index is 1.47. The van der Waals surface area contributed by atoms with Crippen molar-refractivity contribution in [3.05, 3.63) is 58.6 Å². The minimum atomic E-state index is -0.152. The summed E-state index contributed by atoms with van der Waals surface area (Å²) < 4.78 is 2.01. The molecule has 4 rings (SSSR count). The predicted molar refractivity (Wildman–Crippen MR) is 106 cm³/mol. The van der Waals surface area contributed by atoms with Gasteiger partial charge in [0.25, 0.3) is 0 Å². The molecule has 6 heteroatoms. The third-order valence-electron chi connectivity index (χ3n) is 4.40. The lowest BCUT2D eigenvalue weighted by Crippen LogP contribution is -2.40. The second-order valence-electron chi connectivity index (χ2n) is 6.13. The largest absolute Gasteiger partial charge is 0.337 e. The van der Waals surface area contributed by atoms with Gasteiger partial charge < -0.3 is 4.90 Å². The molecule has 0 spiro atoms. The first-order valence-corrected chi connectivity index (χ1v) is 10.3. The van der Waals surface area contributed by atoms with Gasteiger partial charge in [0, 0.05) is 18.1 Å². The molecule has 3 aromatic rings. The fraction of sp³-hybridized carbons (Fsp3) is 0.263. The van der Waals surface area contributed by atoms with Crippen LogP contribution in [0.1, 0.15) is 18.1 Å². The Hall–Kier alpha value is -1.56. The van der Waals surface area contributed by atoms with Gasteiger partial charge in [-0.2, -0.15) is 0 Å². The number of aromatic nitrogens is 1. The number of halogens is 1. The Kier molecular flexibility index (Phi) is 4.71. The van der Waals surface area contributed by atoms with E-state index in [0.717, 1.165) is 27.5 Å². The van der Waals surface area contributed by atoms with E-state index in [1.54, 1.807) is 11.3 Å². The van der Waals surface area contributed by atoms with Crippen molar-refractivity contribution in [3.63, 3.8) is 0 Å². The molecule has 0 N–H and O–H groups in total. The highest BCUT2D eigenvalue weighted by atomic mass is 35.5. The van der Waals surface area contributed by atoms with Crippen molar-refractivity contribution >= 4 is 50.8 Å². The first-order valence-electron chi connectivity index (χ1n) is 8.18. The van der Waals surface area contributed by atoms with Crippen LogP contribution in [0.3, 0.4) is 0 Å². The summed E-state index contributed by atoms with van der Waals surface area (Å²) in [5, 5.41) is 0.534. The molecule has 0 radical (unpaired) electrons. The number of fused-ring (bicyclic) bond motifs is 2. The molecule has 128 valence electrons. The molecule has 2 aromatic carbocycles. The number of hydrogen-bond donors (Lipinski definition) is 0.